The number of fused-ring (bicyclic) bond motifs is 6. The summed E-state index contributed by atoms with van der Waals surface area (Å²) < 4.78 is 23.3. The predicted molar refractivity (Wildman–Crippen MR) is 173 cm³/mol. The van der Waals surface area contributed by atoms with E-state index in [1.165, 1.54) is 33.3 Å². The maximum atomic E-state index is 14.3. The Morgan fingerprint density at radius 2 is 1.38 bits per heavy atom. The van der Waals surface area contributed by atoms with E-state index in [1.807, 2.05) is 19.9 Å². The van der Waals surface area contributed by atoms with Gasteiger partial charge in [-0.15, -0.1) is 0 Å². The van der Waals surface area contributed by atoms with Gasteiger partial charge in [0.1, 0.15) is 24.9 Å². The van der Waals surface area contributed by atoms with Crippen molar-refractivity contribution in [2.45, 2.75) is 139 Å². The fraction of sp³-hybridized carbons (Fsp3) is 0.816. The molecule has 0 heterocycles. The fourth-order valence-corrected chi connectivity index (χ4v) is 12.4. The van der Waals surface area contributed by atoms with E-state index in [0.29, 0.717) is 18.8 Å². The molecule has 4 fully saturated rings. The third-order valence-electron chi connectivity index (χ3n) is 13.7. The first-order valence-corrected chi connectivity index (χ1v) is 17.6. The van der Waals surface area contributed by atoms with Crippen molar-refractivity contribution in [2.75, 3.05) is 6.61 Å². The molecule has 11 unspecified atom stereocenters. The molecule has 9 nitrogen and oxygen atoms in total. The van der Waals surface area contributed by atoms with Crippen LogP contribution in [0.3, 0.4) is 0 Å². The predicted octanol–water partition coefficient (Wildman–Crippen LogP) is 6.55. The van der Waals surface area contributed by atoms with Crippen LogP contribution in [0.15, 0.2) is 11.6 Å². The molecule has 0 radical (unpaired) electrons. The van der Waals surface area contributed by atoms with E-state index in [-0.39, 0.29) is 53.1 Å². The standard InChI is InChI=1S/C38H56O9/c1-21(39)44-20-38(10)30-13-15-35(7)18-25-17-27(43)32-34(5,6)33(47-24(4)42)28(45-22(2)40)19-37(32,9)26(25)11-12-29(35)36(30,8)16-14-31(38)46-23(3)41/h17,26,28-33H,11-16,18-20H2,1-10H3. The van der Waals surface area contributed by atoms with E-state index in [9.17, 15) is 24.0 Å². The molecule has 0 aromatic carbocycles. The number of ether oxygens (including phenoxy) is 4. The quantitative estimate of drug-likeness (QED) is 0.240. The number of carbonyl (C=O) groups is 5. The number of allylic oxidation sites excluding steroid dienone is 2. The van der Waals surface area contributed by atoms with Gasteiger partial charge < -0.3 is 18.9 Å². The highest BCUT2D eigenvalue weighted by molar-refractivity contribution is 5.95. The topological polar surface area (TPSA) is 122 Å². The average molecular weight is 657 g/mol. The molecule has 0 aromatic heterocycles. The van der Waals surface area contributed by atoms with Gasteiger partial charge in [0, 0.05) is 44.4 Å². The van der Waals surface area contributed by atoms with Crippen molar-refractivity contribution in [1.29, 1.82) is 0 Å². The molecule has 0 amide bonds. The highest BCUT2D eigenvalue weighted by Crippen LogP contribution is 2.70. The zero-order chi connectivity index (χ0) is 34.9. The van der Waals surface area contributed by atoms with E-state index in [1.54, 1.807) is 0 Å². The van der Waals surface area contributed by atoms with Crippen LogP contribution in [0.4, 0.5) is 0 Å². The summed E-state index contributed by atoms with van der Waals surface area (Å²) >= 11 is 0. The van der Waals surface area contributed by atoms with Gasteiger partial charge in [-0.1, -0.05) is 47.1 Å². The van der Waals surface area contributed by atoms with Crippen molar-refractivity contribution in [3.8, 4) is 0 Å². The Labute approximate surface area is 280 Å². The first-order valence-electron chi connectivity index (χ1n) is 17.6. The Balaban J connectivity index is 1.53. The van der Waals surface area contributed by atoms with Crippen LogP contribution in [-0.2, 0) is 42.9 Å². The van der Waals surface area contributed by atoms with Crippen molar-refractivity contribution in [3.63, 3.8) is 0 Å². The molecule has 5 aliphatic rings. The number of ketones is 1. The molecule has 262 valence electrons. The molecule has 0 aromatic rings. The molecule has 0 aliphatic heterocycles. The summed E-state index contributed by atoms with van der Waals surface area (Å²) in [4.78, 5) is 63.0. The third-order valence-corrected chi connectivity index (χ3v) is 13.7. The third kappa shape index (κ3) is 5.85. The van der Waals surface area contributed by atoms with Gasteiger partial charge in [-0.25, -0.2) is 0 Å². The Bertz CT molecular complexity index is 1360. The normalized spacial score (nSPS) is 43.7. The number of esters is 4. The second-order valence-electron chi connectivity index (χ2n) is 17.3. The van der Waals surface area contributed by atoms with Crippen molar-refractivity contribution in [3.05, 3.63) is 11.6 Å². The van der Waals surface area contributed by atoms with E-state index in [0.717, 1.165) is 38.5 Å². The Hall–Kier alpha value is -2.71. The molecular formula is C38H56O9. The molecular weight excluding hydrogens is 600 g/mol. The highest BCUT2D eigenvalue weighted by Gasteiger charge is 2.67. The summed E-state index contributed by atoms with van der Waals surface area (Å²) in [6.07, 6.45) is 6.80. The lowest BCUT2D eigenvalue weighted by Gasteiger charge is -2.64. The Morgan fingerprint density at radius 1 is 0.745 bits per heavy atom. The molecule has 0 saturated heterocycles. The van der Waals surface area contributed by atoms with E-state index < -0.39 is 46.3 Å². The van der Waals surface area contributed by atoms with Gasteiger partial charge in [-0.2, -0.15) is 0 Å². The number of rotatable bonds is 5. The summed E-state index contributed by atoms with van der Waals surface area (Å²) in [6.45, 7) is 18.9. The molecule has 5 rings (SSSR count). The van der Waals surface area contributed by atoms with Crippen LogP contribution in [0.2, 0.25) is 0 Å². The summed E-state index contributed by atoms with van der Waals surface area (Å²) in [6, 6.07) is 0. The highest BCUT2D eigenvalue weighted by atomic mass is 16.6. The molecule has 0 spiro atoms. The maximum Gasteiger partial charge on any atom is 0.303 e. The summed E-state index contributed by atoms with van der Waals surface area (Å²) in [5.74, 6) is -1.25. The van der Waals surface area contributed by atoms with Gasteiger partial charge in [0.25, 0.3) is 0 Å². The second kappa shape index (κ2) is 12.0. The minimum Gasteiger partial charge on any atom is -0.465 e. The van der Waals surface area contributed by atoms with Crippen LogP contribution >= 0.6 is 0 Å². The average Bonchev–Trinajstić information content (AvgIpc) is 3.07. The molecule has 9 heteroatoms. The van der Waals surface area contributed by atoms with Gasteiger partial charge in [0.2, 0.25) is 0 Å². The van der Waals surface area contributed by atoms with Gasteiger partial charge in [-0.05, 0) is 91.4 Å². The van der Waals surface area contributed by atoms with Crippen molar-refractivity contribution < 1.29 is 42.9 Å². The maximum absolute atomic E-state index is 14.3. The smallest absolute Gasteiger partial charge is 0.303 e. The summed E-state index contributed by atoms with van der Waals surface area (Å²) in [5, 5.41) is 0. The van der Waals surface area contributed by atoms with Gasteiger partial charge in [0.05, 0.1) is 0 Å². The van der Waals surface area contributed by atoms with E-state index in [4.69, 9.17) is 18.9 Å². The number of hydrogen-bond acceptors (Lipinski definition) is 9. The largest absolute Gasteiger partial charge is 0.465 e. The Kier molecular flexibility index (Phi) is 9.10. The SMILES string of the molecule is CC(=O)OCC1(C)C(OC(C)=O)CCC2(C)C3CCC4C(=CC(=O)C5C(C)(C)C(OC(C)=O)C(OC(C)=O)CC45C)CC3(C)CCC12. The lowest BCUT2D eigenvalue weighted by molar-refractivity contribution is -0.211. The van der Waals surface area contributed by atoms with Crippen LogP contribution in [0, 0.1) is 50.7 Å². The van der Waals surface area contributed by atoms with Crippen LogP contribution in [0.5, 0.6) is 0 Å². The molecule has 0 N–H and O–H groups in total. The van der Waals surface area contributed by atoms with E-state index in [2.05, 4.69) is 27.7 Å². The second-order valence-corrected chi connectivity index (χ2v) is 17.3. The fourth-order valence-electron chi connectivity index (χ4n) is 12.4. The minimum atomic E-state index is -0.758. The van der Waals surface area contributed by atoms with Crippen LogP contribution in [-0.4, -0.2) is 54.6 Å². The molecule has 4 saturated carbocycles. The number of carbonyl (C=O) groups excluding carboxylic acids is 5. The first-order chi connectivity index (χ1) is 21.7. The molecule has 5 aliphatic carbocycles. The van der Waals surface area contributed by atoms with E-state index >= 15 is 0 Å². The summed E-state index contributed by atoms with van der Waals surface area (Å²) in [7, 11) is 0. The van der Waals surface area contributed by atoms with Gasteiger partial charge >= 0.3 is 23.9 Å². The van der Waals surface area contributed by atoms with Crippen LogP contribution in [0.1, 0.15) is 121 Å². The van der Waals surface area contributed by atoms with Gasteiger partial charge in [0.15, 0.2) is 5.78 Å². The van der Waals surface area contributed by atoms with Crippen molar-refractivity contribution in [2.24, 2.45) is 50.7 Å². The van der Waals surface area contributed by atoms with Crippen molar-refractivity contribution in [1.82, 2.24) is 0 Å². The summed E-state index contributed by atoms with van der Waals surface area (Å²) in [5.41, 5.74) is -0.725. The van der Waals surface area contributed by atoms with Crippen LogP contribution in [0.25, 0.3) is 0 Å². The monoisotopic (exact) mass is 656 g/mol. The van der Waals surface area contributed by atoms with Crippen molar-refractivity contribution >= 4 is 29.7 Å². The zero-order valence-electron chi connectivity index (χ0n) is 30.2. The lowest BCUT2D eigenvalue weighted by Crippen LogP contribution is -2.63. The lowest BCUT2D eigenvalue weighted by atomic mass is 9.41. The Morgan fingerprint density at radius 3 is 1.98 bits per heavy atom. The molecule has 11 atom stereocenters. The molecule has 47 heavy (non-hydrogen) atoms. The van der Waals surface area contributed by atoms with Gasteiger partial charge in [-0.3, -0.25) is 24.0 Å². The number of hydrogen-bond donors (Lipinski definition) is 0. The zero-order valence-corrected chi connectivity index (χ0v) is 30.2. The first kappa shape index (κ1) is 35.6. The van der Waals surface area contributed by atoms with Crippen LogP contribution < -0.4 is 0 Å². The minimum absolute atomic E-state index is 0.0499. The molecule has 0 bridgehead atoms.